The highest BCUT2D eigenvalue weighted by molar-refractivity contribution is 5.72. The van der Waals surface area contributed by atoms with Gasteiger partial charge in [0.05, 0.1) is 13.8 Å². The molecular weight excluding hydrogens is 557 g/mol. The third-order valence-electron chi connectivity index (χ3n) is 8.11. The van der Waals surface area contributed by atoms with E-state index >= 15 is 4.39 Å². The zero-order valence-corrected chi connectivity index (χ0v) is 23.5. The van der Waals surface area contributed by atoms with Gasteiger partial charge in [0.1, 0.15) is 35.3 Å². The lowest BCUT2D eigenvalue weighted by molar-refractivity contribution is -0.196. The van der Waals surface area contributed by atoms with Crippen molar-refractivity contribution < 1.29 is 29.2 Å². The molecule has 4 atom stereocenters. The molecule has 0 saturated carbocycles. The van der Waals surface area contributed by atoms with E-state index in [0.29, 0.717) is 5.75 Å². The summed E-state index contributed by atoms with van der Waals surface area (Å²) in [6, 6.07) is 26.9. The van der Waals surface area contributed by atoms with E-state index in [1.165, 1.54) is 11.8 Å². The van der Waals surface area contributed by atoms with Gasteiger partial charge in [0, 0.05) is 0 Å². The fourth-order valence-corrected chi connectivity index (χ4v) is 5.88. The summed E-state index contributed by atoms with van der Waals surface area (Å²) in [5.41, 5.74) is -1.15. The van der Waals surface area contributed by atoms with Crippen LogP contribution in [0.5, 0.6) is 5.75 Å². The normalized spacial score (nSPS) is 24.8. The molecule has 0 radical (unpaired) electrons. The molecule has 0 amide bonds. The number of nitrogens with one attached hydrogen (secondary N) is 3. The summed E-state index contributed by atoms with van der Waals surface area (Å²) < 4.78 is 25.9. The van der Waals surface area contributed by atoms with Crippen LogP contribution >= 0.6 is 0 Å². The maximum absolute atomic E-state index is 15.2. The molecule has 224 valence electrons. The molecule has 1 aromatic heterocycles. The van der Waals surface area contributed by atoms with Gasteiger partial charge in [0.25, 0.3) is 11.4 Å². The first-order valence-corrected chi connectivity index (χ1v) is 13.7. The van der Waals surface area contributed by atoms with Crippen molar-refractivity contribution in [2.24, 2.45) is 0 Å². The number of methoxy groups -OCH3 is 1. The van der Waals surface area contributed by atoms with Crippen LogP contribution in [0, 0.1) is 0 Å². The second-order valence-corrected chi connectivity index (χ2v) is 10.8. The number of rotatable bonds is 8. The highest BCUT2D eigenvalue weighted by Crippen LogP contribution is 2.45. The van der Waals surface area contributed by atoms with Crippen molar-refractivity contribution in [1.29, 1.82) is 0 Å². The first-order valence-electron chi connectivity index (χ1n) is 13.7. The number of H-pyrrole nitrogens is 1. The van der Waals surface area contributed by atoms with E-state index in [4.69, 9.17) is 14.5 Å². The Balaban J connectivity index is 1.50. The van der Waals surface area contributed by atoms with E-state index in [1.807, 2.05) is 84.9 Å². The summed E-state index contributed by atoms with van der Waals surface area (Å²) >= 11 is 0. The largest absolute Gasteiger partial charge is 0.497 e. The number of aliphatic hydroxyl groups excluding tert-OH is 2. The van der Waals surface area contributed by atoms with Gasteiger partial charge in [-0.05, 0) is 35.7 Å². The number of aromatic amines is 1. The summed E-state index contributed by atoms with van der Waals surface area (Å²) in [7, 11) is 1.59. The van der Waals surface area contributed by atoms with E-state index in [2.05, 4.69) is 15.6 Å². The second-order valence-electron chi connectivity index (χ2n) is 10.8. The van der Waals surface area contributed by atoms with Crippen LogP contribution < -0.4 is 25.8 Å². The first-order chi connectivity index (χ1) is 20.6. The predicted molar refractivity (Wildman–Crippen MR) is 158 cm³/mol. The highest BCUT2D eigenvalue weighted by atomic mass is 19.2. The highest BCUT2D eigenvalue weighted by Gasteiger charge is 2.64. The standard InChI is InChI=1S/C31H32FN5O6/c1-29(41)26(40)30(32,17-38)43-27(29)37-18-33-23-24(37)34-28(35-25(23)39)36-31(19-9-5-3-6-10-19,20-11-7-4-8-12-20)21-13-15-22(42-2)16-14-21/h3-16,26-27,33,38,40-41H,17-18H2,1-2H3,(H2,34,35,36,39)/t26-,27+,29+,30+/m0/s1. The first kappa shape index (κ1) is 28.6. The molecule has 4 aromatic rings. The Morgan fingerprint density at radius 2 is 1.65 bits per heavy atom. The number of hydrogen-bond donors (Lipinski definition) is 6. The minimum atomic E-state index is -2.91. The van der Waals surface area contributed by atoms with Crippen molar-refractivity contribution in [3.05, 3.63) is 112 Å². The van der Waals surface area contributed by atoms with Crippen LogP contribution in [0.25, 0.3) is 0 Å². The topological polar surface area (TPSA) is 152 Å². The minimum absolute atomic E-state index is 0.0654. The van der Waals surface area contributed by atoms with Crippen molar-refractivity contribution in [3.63, 3.8) is 0 Å². The number of alkyl halides is 1. The minimum Gasteiger partial charge on any atom is -0.497 e. The van der Waals surface area contributed by atoms with Gasteiger partial charge in [-0.2, -0.15) is 4.98 Å². The number of nitrogens with zero attached hydrogens (tertiary/aromatic N) is 2. The zero-order valence-electron chi connectivity index (χ0n) is 23.5. The number of anilines is 3. The molecule has 0 aliphatic carbocycles. The lowest BCUT2D eigenvalue weighted by Crippen LogP contribution is -2.54. The Labute approximate surface area is 246 Å². The molecule has 6 N–H and O–H groups in total. The number of aliphatic hydroxyl groups is 3. The lowest BCUT2D eigenvalue weighted by atomic mass is 9.77. The summed E-state index contributed by atoms with van der Waals surface area (Å²) in [5.74, 6) is -2.10. The number of benzene rings is 3. The third kappa shape index (κ3) is 4.59. The van der Waals surface area contributed by atoms with E-state index in [9.17, 15) is 20.1 Å². The van der Waals surface area contributed by atoms with Gasteiger partial charge in [-0.3, -0.25) is 9.78 Å². The zero-order chi connectivity index (χ0) is 30.4. The molecule has 12 heteroatoms. The molecule has 0 unspecified atom stereocenters. The number of hydrogen-bond acceptors (Lipinski definition) is 10. The van der Waals surface area contributed by atoms with Crippen LogP contribution in [-0.4, -0.2) is 69.5 Å². The Morgan fingerprint density at radius 3 is 2.19 bits per heavy atom. The van der Waals surface area contributed by atoms with E-state index in [-0.39, 0.29) is 24.1 Å². The van der Waals surface area contributed by atoms with Gasteiger partial charge in [-0.1, -0.05) is 72.8 Å². The van der Waals surface area contributed by atoms with Crippen LogP contribution in [0.4, 0.5) is 21.8 Å². The molecule has 0 spiro atoms. The molecule has 3 heterocycles. The van der Waals surface area contributed by atoms with Crippen LogP contribution in [0.2, 0.25) is 0 Å². The fourth-order valence-electron chi connectivity index (χ4n) is 5.88. The maximum atomic E-state index is 15.2. The quantitative estimate of drug-likeness (QED) is 0.169. The van der Waals surface area contributed by atoms with Gasteiger partial charge in [-0.15, -0.1) is 0 Å². The van der Waals surface area contributed by atoms with Crippen LogP contribution in [0.15, 0.2) is 89.7 Å². The third-order valence-corrected chi connectivity index (χ3v) is 8.11. The summed E-state index contributed by atoms with van der Waals surface area (Å²) in [6.45, 7) is -0.0584. The van der Waals surface area contributed by atoms with Crippen molar-refractivity contribution in [2.45, 2.75) is 36.3 Å². The monoisotopic (exact) mass is 589 g/mol. The van der Waals surface area contributed by atoms with Gasteiger partial charge >= 0.3 is 0 Å². The molecular formula is C31H32FN5O6. The van der Waals surface area contributed by atoms with E-state index in [0.717, 1.165) is 16.7 Å². The molecule has 3 aromatic carbocycles. The molecule has 1 saturated heterocycles. The van der Waals surface area contributed by atoms with Crippen molar-refractivity contribution in [2.75, 3.05) is 35.9 Å². The fraction of sp³-hybridized carbons (Fsp3) is 0.290. The van der Waals surface area contributed by atoms with E-state index in [1.54, 1.807) is 7.11 Å². The molecule has 0 bridgehead atoms. The average molecular weight is 590 g/mol. The number of ether oxygens (including phenoxy) is 2. The summed E-state index contributed by atoms with van der Waals surface area (Å²) in [6.07, 6.45) is -3.54. The Kier molecular flexibility index (Phi) is 7.09. The molecule has 2 aliphatic rings. The van der Waals surface area contributed by atoms with E-state index < -0.39 is 41.5 Å². The molecule has 6 rings (SSSR count). The number of halogens is 1. The Morgan fingerprint density at radius 1 is 1.07 bits per heavy atom. The van der Waals surface area contributed by atoms with Crippen LogP contribution in [0.3, 0.4) is 0 Å². The number of aromatic nitrogens is 2. The van der Waals surface area contributed by atoms with Gasteiger partial charge in [0.15, 0.2) is 12.0 Å². The maximum Gasteiger partial charge on any atom is 0.277 e. The molecule has 11 nitrogen and oxygen atoms in total. The van der Waals surface area contributed by atoms with Crippen LogP contribution in [0.1, 0.15) is 23.6 Å². The van der Waals surface area contributed by atoms with Crippen molar-refractivity contribution >= 4 is 17.5 Å². The lowest BCUT2D eigenvalue weighted by Gasteiger charge is -2.37. The molecule has 2 aliphatic heterocycles. The average Bonchev–Trinajstić information content (AvgIpc) is 3.53. The Bertz CT molecular complexity index is 1610. The molecule has 1 fully saturated rings. The second kappa shape index (κ2) is 10.7. The van der Waals surface area contributed by atoms with Crippen molar-refractivity contribution in [1.82, 2.24) is 9.97 Å². The number of fused-ring (bicyclic) bond motifs is 1. The van der Waals surface area contributed by atoms with Crippen molar-refractivity contribution in [3.8, 4) is 5.75 Å². The summed E-state index contributed by atoms with van der Waals surface area (Å²) in [4.78, 5) is 22.2. The van der Waals surface area contributed by atoms with Gasteiger partial charge in [-0.25, -0.2) is 4.39 Å². The molecule has 43 heavy (non-hydrogen) atoms. The SMILES string of the molecule is COc1ccc(C(Nc2nc3c(c(=O)[nH]2)NCN3[C@@H]2O[C@](F)(CO)[C@@H](O)[C@@]2(C)O)(c2ccccc2)c2ccccc2)cc1. The van der Waals surface area contributed by atoms with Gasteiger partial charge in [0.2, 0.25) is 5.95 Å². The Hall–Kier alpha value is -4.49. The van der Waals surface area contributed by atoms with Crippen LogP contribution in [-0.2, 0) is 10.3 Å². The smallest absolute Gasteiger partial charge is 0.277 e. The van der Waals surface area contributed by atoms with Gasteiger partial charge < -0.3 is 40.3 Å². The summed E-state index contributed by atoms with van der Waals surface area (Å²) in [5, 5.41) is 37.5. The predicted octanol–water partition coefficient (Wildman–Crippen LogP) is 2.50.